The lowest BCUT2D eigenvalue weighted by Gasteiger charge is -2.10. The standard InChI is InChI=1S/C25H52N2O/c1-4-5-6-7-8-9-10-11-12-13-14-15-16-17-18-19-20-21-22-23-25(28)26-24-27(2)3/h4-24H2,1-3H3,(H,26,28). The van der Waals surface area contributed by atoms with Crippen molar-refractivity contribution in [3.8, 4) is 0 Å². The largest absolute Gasteiger partial charge is 0.343 e. The molecule has 1 N–H and O–H groups in total. The van der Waals surface area contributed by atoms with E-state index in [1.54, 1.807) is 0 Å². The van der Waals surface area contributed by atoms with Crippen LogP contribution in [0.3, 0.4) is 0 Å². The summed E-state index contributed by atoms with van der Waals surface area (Å²) in [5.74, 6) is 0.195. The molecule has 0 aromatic rings. The van der Waals surface area contributed by atoms with Gasteiger partial charge in [0.2, 0.25) is 5.91 Å². The van der Waals surface area contributed by atoms with Gasteiger partial charge in [-0.25, -0.2) is 0 Å². The fourth-order valence-electron chi connectivity index (χ4n) is 3.70. The van der Waals surface area contributed by atoms with Gasteiger partial charge in [-0.15, -0.1) is 0 Å². The minimum absolute atomic E-state index is 0.195. The molecule has 0 unspecified atom stereocenters. The first kappa shape index (κ1) is 27.4. The molecule has 0 spiro atoms. The molecule has 0 saturated heterocycles. The van der Waals surface area contributed by atoms with Crippen molar-refractivity contribution in [2.75, 3.05) is 20.8 Å². The topological polar surface area (TPSA) is 32.3 Å². The van der Waals surface area contributed by atoms with Gasteiger partial charge in [0.15, 0.2) is 0 Å². The van der Waals surface area contributed by atoms with Crippen LogP contribution in [0.15, 0.2) is 0 Å². The van der Waals surface area contributed by atoms with Crippen molar-refractivity contribution in [3.05, 3.63) is 0 Å². The Bertz CT molecular complexity index is 318. The van der Waals surface area contributed by atoms with E-state index >= 15 is 0 Å². The summed E-state index contributed by atoms with van der Waals surface area (Å²) in [6, 6.07) is 0. The molecule has 0 aromatic carbocycles. The molecule has 0 saturated carbocycles. The summed E-state index contributed by atoms with van der Waals surface area (Å²) >= 11 is 0. The average Bonchev–Trinajstić information content (AvgIpc) is 2.68. The number of unbranched alkanes of at least 4 members (excludes halogenated alkanes) is 18. The van der Waals surface area contributed by atoms with E-state index < -0.39 is 0 Å². The lowest BCUT2D eigenvalue weighted by molar-refractivity contribution is -0.121. The molecule has 0 fully saturated rings. The summed E-state index contributed by atoms with van der Waals surface area (Å²) < 4.78 is 0. The van der Waals surface area contributed by atoms with Gasteiger partial charge in [-0.2, -0.15) is 0 Å². The van der Waals surface area contributed by atoms with Crippen LogP contribution < -0.4 is 5.32 Å². The van der Waals surface area contributed by atoms with Gasteiger partial charge in [0.25, 0.3) is 0 Å². The molecule has 0 aliphatic rings. The number of carbonyl (C=O) groups is 1. The van der Waals surface area contributed by atoms with Gasteiger partial charge in [-0.1, -0.05) is 122 Å². The van der Waals surface area contributed by atoms with Crippen LogP contribution in [0, 0.1) is 0 Å². The highest BCUT2D eigenvalue weighted by molar-refractivity contribution is 5.75. The smallest absolute Gasteiger partial charge is 0.220 e. The Morgan fingerprint density at radius 3 is 1.21 bits per heavy atom. The summed E-state index contributed by atoms with van der Waals surface area (Å²) in [6.07, 6.45) is 27.1. The predicted molar refractivity (Wildman–Crippen MR) is 125 cm³/mol. The Hall–Kier alpha value is -0.570. The highest BCUT2D eigenvalue weighted by Gasteiger charge is 2.01. The molecule has 1 amide bonds. The van der Waals surface area contributed by atoms with Crippen LogP contribution in [0.4, 0.5) is 0 Å². The maximum atomic E-state index is 11.6. The fraction of sp³-hybridized carbons (Fsp3) is 0.960. The SMILES string of the molecule is CCCCCCCCCCCCCCCCCCCCCC(=O)NCN(C)C. The molecule has 0 aromatic heterocycles. The maximum Gasteiger partial charge on any atom is 0.220 e. The third-order valence-corrected chi connectivity index (χ3v) is 5.60. The number of carbonyl (C=O) groups excluding carboxylic acids is 1. The van der Waals surface area contributed by atoms with Gasteiger partial charge in [-0.05, 0) is 20.5 Å². The fourth-order valence-corrected chi connectivity index (χ4v) is 3.70. The second-order valence-corrected chi connectivity index (χ2v) is 8.95. The van der Waals surface area contributed by atoms with Gasteiger partial charge in [0.1, 0.15) is 0 Å². The van der Waals surface area contributed by atoms with Crippen molar-refractivity contribution < 1.29 is 4.79 Å². The van der Waals surface area contributed by atoms with E-state index in [0.29, 0.717) is 13.1 Å². The van der Waals surface area contributed by atoms with E-state index in [4.69, 9.17) is 0 Å². The first-order chi connectivity index (χ1) is 13.7. The first-order valence-corrected chi connectivity index (χ1v) is 12.6. The van der Waals surface area contributed by atoms with E-state index in [-0.39, 0.29) is 5.91 Å². The van der Waals surface area contributed by atoms with Gasteiger partial charge < -0.3 is 5.32 Å². The maximum absolute atomic E-state index is 11.6. The Kier molecular flexibility index (Phi) is 22.3. The van der Waals surface area contributed by atoms with Crippen LogP contribution in [-0.4, -0.2) is 31.6 Å². The minimum Gasteiger partial charge on any atom is -0.343 e. The lowest BCUT2D eigenvalue weighted by atomic mass is 10.0. The van der Waals surface area contributed by atoms with Crippen LogP contribution in [0.25, 0.3) is 0 Å². The molecule has 0 aliphatic heterocycles. The van der Waals surface area contributed by atoms with Crippen molar-refractivity contribution in [3.63, 3.8) is 0 Å². The molecule has 28 heavy (non-hydrogen) atoms. The van der Waals surface area contributed by atoms with Crippen LogP contribution >= 0.6 is 0 Å². The van der Waals surface area contributed by atoms with E-state index in [0.717, 1.165) is 6.42 Å². The number of nitrogens with zero attached hydrogens (tertiary/aromatic N) is 1. The summed E-state index contributed by atoms with van der Waals surface area (Å²) in [5.41, 5.74) is 0. The third kappa shape index (κ3) is 23.5. The molecule has 0 atom stereocenters. The van der Waals surface area contributed by atoms with E-state index in [9.17, 15) is 4.79 Å². The average molecular weight is 397 g/mol. The van der Waals surface area contributed by atoms with Crippen molar-refractivity contribution in [2.24, 2.45) is 0 Å². The normalized spacial score (nSPS) is 11.3. The molecule has 0 aliphatic carbocycles. The Balaban J connectivity index is 3.07. The molecule has 0 rings (SSSR count). The number of amides is 1. The summed E-state index contributed by atoms with van der Waals surface area (Å²) in [6.45, 7) is 2.94. The first-order valence-electron chi connectivity index (χ1n) is 12.6. The number of rotatable bonds is 22. The van der Waals surface area contributed by atoms with Crippen molar-refractivity contribution in [1.29, 1.82) is 0 Å². The second kappa shape index (κ2) is 22.7. The zero-order valence-electron chi connectivity index (χ0n) is 19.7. The summed E-state index contributed by atoms with van der Waals surface area (Å²) in [4.78, 5) is 13.6. The monoisotopic (exact) mass is 396 g/mol. The number of nitrogens with one attached hydrogen (secondary N) is 1. The summed E-state index contributed by atoms with van der Waals surface area (Å²) in [5, 5.41) is 2.93. The second-order valence-electron chi connectivity index (χ2n) is 8.95. The predicted octanol–water partition coefficient (Wildman–Crippen LogP) is 7.44. The number of hydrogen-bond donors (Lipinski definition) is 1. The van der Waals surface area contributed by atoms with Crippen LogP contribution in [-0.2, 0) is 4.79 Å². The Morgan fingerprint density at radius 1 is 0.571 bits per heavy atom. The molecular formula is C25H52N2O. The van der Waals surface area contributed by atoms with Crippen molar-refractivity contribution in [1.82, 2.24) is 10.2 Å². The number of hydrogen-bond acceptors (Lipinski definition) is 2. The minimum atomic E-state index is 0.195. The van der Waals surface area contributed by atoms with Crippen molar-refractivity contribution >= 4 is 5.91 Å². The molecule has 168 valence electrons. The highest BCUT2D eigenvalue weighted by atomic mass is 16.1. The molecule has 3 nitrogen and oxygen atoms in total. The molecule has 0 bridgehead atoms. The van der Waals surface area contributed by atoms with Gasteiger partial charge in [0, 0.05) is 6.42 Å². The van der Waals surface area contributed by atoms with Crippen molar-refractivity contribution in [2.45, 2.75) is 135 Å². The van der Waals surface area contributed by atoms with Gasteiger partial charge >= 0.3 is 0 Å². The summed E-state index contributed by atoms with van der Waals surface area (Å²) in [7, 11) is 3.94. The van der Waals surface area contributed by atoms with Crippen LogP contribution in [0.2, 0.25) is 0 Å². The van der Waals surface area contributed by atoms with Crippen LogP contribution in [0.5, 0.6) is 0 Å². The zero-order chi connectivity index (χ0) is 20.7. The van der Waals surface area contributed by atoms with Gasteiger partial charge in [-0.3, -0.25) is 9.69 Å². The van der Waals surface area contributed by atoms with E-state index in [2.05, 4.69) is 12.2 Å². The molecule has 0 radical (unpaired) electrons. The Labute approximate surface area is 177 Å². The van der Waals surface area contributed by atoms with Crippen LogP contribution in [0.1, 0.15) is 135 Å². The van der Waals surface area contributed by atoms with E-state index in [1.165, 1.54) is 116 Å². The zero-order valence-corrected chi connectivity index (χ0v) is 19.7. The lowest BCUT2D eigenvalue weighted by Crippen LogP contribution is -2.32. The Morgan fingerprint density at radius 2 is 0.893 bits per heavy atom. The quantitative estimate of drug-likeness (QED) is 0.152. The third-order valence-electron chi connectivity index (χ3n) is 5.60. The van der Waals surface area contributed by atoms with E-state index in [1.807, 2.05) is 19.0 Å². The van der Waals surface area contributed by atoms with Gasteiger partial charge in [0.05, 0.1) is 6.67 Å². The highest BCUT2D eigenvalue weighted by Crippen LogP contribution is 2.14. The molecule has 0 heterocycles. The molecular weight excluding hydrogens is 344 g/mol. The molecule has 3 heteroatoms.